The largest absolute Gasteiger partial charge is 0.367 e. The molecule has 0 spiro atoms. The molecule has 0 unspecified atom stereocenters. The Bertz CT molecular complexity index is 512. The third kappa shape index (κ3) is 3.44. The van der Waals surface area contributed by atoms with Crippen molar-refractivity contribution in [1.82, 2.24) is 0 Å². The molecule has 0 amide bonds. The van der Waals surface area contributed by atoms with Gasteiger partial charge in [-0.3, -0.25) is 0 Å². The van der Waals surface area contributed by atoms with Crippen molar-refractivity contribution >= 4 is 21.6 Å². The molecule has 0 bridgehead atoms. The predicted octanol–water partition coefficient (Wildman–Crippen LogP) is 4.65. The van der Waals surface area contributed by atoms with Crippen molar-refractivity contribution < 1.29 is 0 Å². The lowest BCUT2D eigenvalue weighted by Gasteiger charge is -2.33. The number of nitrogens with two attached hydrogens (primary N) is 1. The van der Waals surface area contributed by atoms with Crippen LogP contribution >= 0.6 is 15.9 Å². The van der Waals surface area contributed by atoms with Crippen LogP contribution in [0.2, 0.25) is 0 Å². The molecule has 3 heteroatoms. The monoisotopic (exact) mass is 336 g/mol. The van der Waals surface area contributed by atoms with E-state index in [9.17, 15) is 0 Å². The first-order valence-corrected chi connectivity index (χ1v) is 8.08. The molecular weight excluding hydrogens is 312 g/mol. The quantitative estimate of drug-likeness (QED) is 0.796. The average molecular weight is 337 g/mol. The highest BCUT2D eigenvalue weighted by molar-refractivity contribution is 9.10. The van der Waals surface area contributed by atoms with Gasteiger partial charge in [-0.1, -0.05) is 54.4 Å². The summed E-state index contributed by atoms with van der Waals surface area (Å²) in [4.78, 5) is 2.42. The molecule has 110 valence electrons. The van der Waals surface area contributed by atoms with Crippen LogP contribution < -0.4 is 10.6 Å². The number of hydrogen-bond acceptors (Lipinski definition) is 2. The van der Waals surface area contributed by atoms with Crippen molar-refractivity contribution in [2.75, 3.05) is 18.0 Å². The second-order valence-electron chi connectivity index (χ2n) is 6.67. The minimum absolute atomic E-state index is 0.0622. The van der Waals surface area contributed by atoms with Gasteiger partial charge in [0.15, 0.2) is 0 Å². The molecule has 0 aromatic heterocycles. The Hall–Kier alpha value is -0.800. The Balaban J connectivity index is 2.15. The molecule has 2 nitrogen and oxygen atoms in total. The number of halogens is 1. The molecule has 1 aromatic carbocycles. The van der Waals surface area contributed by atoms with Gasteiger partial charge in [-0.15, -0.1) is 0 Å². The molecular formula is C17H25BrN2. The van der Waals surface area contributed by atoms with E-state index >= 15 is 0 Å². The van der Waals surface area contributed by atoms with Gasteiger partial charge in [-0.2, -0.15) is 0 Å². The van der Waals surface area contributed by atoms with Crippen LogP contribution in [0.15, 0.2) is 34.3 Å². The number of rotatable bonds is 2. The highest BCUT2D eigenvalue weighted by atomic mass is 79.9. The zero-order chi connectivity index (χ0) is 14.9. The summed E-state index contributed by atoms with van der Waals surface area (Å²) in [6.45, 7) is 11.0. The van der Waals surface area contributed by atoms with Gasteiger partial charge in [0.25, 0.3) is 0 Å². The first-order valence-electron chi connectivity index (χ1n) is 7.28. The van der Waals surface area contributed by atoms with Crippen molar-refractivity contribution in [3.63, 3.8) is 0 Å². The van der Waals surface area contributed by atoms with E-state index in [-0.39, 0.29) is 6.04 Å². The summed E-state index contributed by atoms with van der Waals surface area (Å²) >= 11 is 3.64. The first-order chi connectivity index (χ1) is 9.29. The molecule has 0 aliphatic carbocycles. The van der Waals surface area contributed by atoms with Gasteiger partial charge in [0.1, 0.15) is 0 Å². The second-order valence-corrected chi connectivity index (χ2v) is 7.52. The number of nitrogens with zero attached hydrogens (tertiary/aromatic N) is 1. The fraction of sp³-hybridized carbons (Fsp3) is 0.529. The molecule has 1 atom stereocenters. The van der Waals surface area contributed by atoms with E-state index in [1.165, 1.54) is 5.69 Å². The minimum Gasteiger partial charge on any atom is -0.367 e. The van der Waals surface area contributed by atoms with Crippen LogP contribution in [-0.2, 0) is 0 Å². The van der Waals surface area contributed by atoms with Crippen LogP contribution in [0, 0.1) is 5.41 Å². The van der Waals surface area contributed by atoms with Gasteiger partial charge in [-0.25, -0.2) is 0 Å². The van der Waals surface area contributed by atoms with Gasteiger partial charge in [0.05, 0.1) is 0 Å². The smallest absolute Gasteiger partial charge is 0.0380 e. The Morgan fingerprint density at radius 3 is 2.45 bits per heavy atom. The van der Waals surface area contributed by atoms with Gasteiger partial charge in [0, 0.05) is 29.3 Å². The van der Waals surface area contributed by atoms with Gasteiger partial charge in [0.2, 0.25) is 0 Å². The summed E-state index contributed by atoms with van der Waals surface area (Å²) < 4.78 is 1.11. The zero-order valence-electron chi connectivity index (χ0n) is 12.9. The molecule has 1 heterocycles. The number of anilines is 1. The SMILES string of the molecule is C[C@H](N)c1ccc(N2CC=C(C(C)(C)C)CC2)cc1Br. The lowest BCUT2D eigenvalue weighted by Crippen LogP contribution is -2.31. The van der Waals surface area contributed by atoms with Crippen LogP contribution in [-0.4, -0.2) is 13.1 Å². The fourth-order valence-electron chi connectivity index (χ4n) is 2.67. The molecule has 20 heavy (non-hydrogen) atoms. The molecule has 1 aliphatic heterocycles. The fourth-order valence-corrected chi connectivity index (χ4v) is 3.39. The minimum atomic E-state index is 0.0622. The Morgan fingerprint density at radius 1 is 1.30 bits per heavy atom. The standard InChI is InChI=1S/C17H25BrN2/c1-12(19)15-6-5-14(11-16(15)18)20-9-7-13(8-10-20)17(2,3)4/h5-7,11-12H,8-10,19H2,1-4H3/t12-/m0/s1. The maximum absolute atomic E-state index is 5.96. The summed E-state index contributed by atoms with van der Waals surface area (Å²) in [7, 11) is 0. The molecule has 0 radical (unpaired) electrons. The third-order valence-corrected chi connectivity index (χ3v) is 4.70. The zero-order valence-corrected chi connectivity index (χ0v) is 14.5. The molecule has 1 aromatic rings. The highest BCUT2D eigenvalue weighted by Crippen LogP contribution is 2.33. The summed E-state index contributed by atoms with van der Waals surface area (Å²) in [5.74, 6) is 0. The van der Waals surface area contributed by atoms with E-state index in [0.29, 0.717) is 5.41 Å². The summed E-state index contributed by atoms with van der Waals surface area (Å²) in [6, 6.07) is 6.56. The van der Waals surface area contributed by atoms with E-state index in [0.717, 1.165) is 29.5 Å². The lowest BCUT2D eigenvalue weighted by molar-refractivity contribution is 0.472. The molecule has 0 saturated carbocycles. The number of benzene rings is 1. The molecule has 2 rings (SSSR count). The Labute approximate surface area is 131 Å². The third-order valence-electron chi connectivity index (χ3n) is 4.01. The van der Waals surface area contributed by atoms with Crippen LogP contribution in [0.4, 0.5) is 5.69 Å². The Morgan fingerprint density at radius 2 is 2.00 bits per heavy atom. The van der Waals surface area contributed by atoms with E-state index in [2.05, 4.69) is 65.9 Å². The summed E-state index contributed by atoms with van der Waals surface area (Å²) in [6.07, 6.45) is 3.53. The van der Waals surface area contributed by atoms with Crippen LogP contribution in [0.1, 0.15) is 45.7 Å². The normalized spacial score (nSPS) is 17.9. The summed E-state index contributed by atoms with van der Waals surface area (Å²) in [5.41, 5.74) is 10.3. The average Bonchev–Trinajstić information content (AvgIpc) is 2.37. The van der Waals surface area contributed by atoms with E-state index in [4.69, 9.17) is 5.73 Å². The van der Waals surface area contributed by atoms with Crippen molar-refractivity contribution in [2.24, 2.45) is 11.1 Å². The van der Waals surface area contributed by atoms with E-state index in [1.54, 1.807) is 5.57 Å². The van der Waals surface area contributed by atoms with Crippen LogP contribution in [0.25, 0.3) is 0 Å². The van der Waals surface area contributed by atoms with Crippen LogP contribution in [0.3, 0.4) is 0 Å². The van der Waals surface area contributed by atoms with Crippen molar-refractivity contribution in [2.45, 2.75) is 40.2 Å². The molecule has 1 aliphatic rings. The second kappa shape index (κ2) is 5.90. The maximum Gasteiger partial charge on any atom is 0.0380 e. The van der Waals surface area contributed by atoms with Crippen LogP contribution in [0.5, 0.6) is 0 Å². The van der Waals surface area contributed by atoms with Gasteiger partial charge >= 0.3 is 0 Å². The first kappa shape index (κ1) is 15.6. The van der Waals surface area contributed by atoms with Crippen molar-refractivity contribution in [1.29, 1.82) is 0 Å². The summed E-state index contributed by atoms with van der Waals surface area (Å²) in [5, 5.41) is 0. The lowest BCUT2D eigenvalue weighted by atomic mass is 9.83. The molecule has 0 saturated heterocycles. The van der Waals surface area contributed by atoms with Gasteiger partial charge in [-0.05, 0) is 36.5 Å². The van der Waals surface area contributed by atoms with E-state index < -0.39 is 0 Å². The topological polar surface area (TPSA) is 29.3 Å². The maximum atomic E-state index is 5.96. The molecule has 2 N–H and O–H groups in total. The van der Waals surface area contributed by atoms with E-state index in [1.807, 2.05) is 6.92 Å². The predicted molar refractivity (Wildman–Crippen MR) is 91.1 cm³/mol. The molecule has 0 fully saturated rings. The number of hydrogen-bond donors (Lipinski definition) is 1. The Kier molecular flexibility index (Phi) is 4.60. The highest BCUT2D eigenvalue weighted by Gasteiger charge is 2.21. The van der Waals surface area contributed by atoms with Crippen molar-refractivity contribution in [3.05, 3.63) is 39.9 Å². The van der Waals surface area contributed by atoms with Gasteiger partial charge < -0.3 is 10.6 Å². The van der Waals surface area contributed by atoms with Crippen molar-refractivity contribution in [3.8, 4) is 0 Å².